The lowest BCUT2D eigenvalue weighted by Gasteiger charge is -2.10. The molecular formula is C5H10O4. The summed E-state index contributed by atoms with van der Waals surface area (Å²) in [5.74, 6) is -0.545. The molecule has 0 aromatic carbocycles. The van der Waals surface area contributed by atoms with E-state index in [-0.39, 0.29) is 0 Å². The Morgan fingerprint density at radius 1 is 1.56 bits per heavy atom. The summed E-state index contributed by atoms with van der Waals surface area (Å²) in [4.78, 5) is 10.2. The van der Waals surface area contributed by atoms with Gasteiger partial charge in [-0.25, -0.2) is 0 Å². The van der Waals surface area contributed by atoms with Gasteiger partial charge in [0.25, 0.3) is 0 Å². The van der Waals surface area contributed by atoms with E-state index in [9.17, 15) is 4.79 Å². The minimum Gasteiger partial charge on any atom is -0.394 e. The predicted molar refractivity (Wildman–Crippen MR) is 29.8 cm³/mol. The number of rotatable bonds is 3. The van der Waals surface area contributed by atoms with E-state index in [0.717, 1.165) is 6.92 Å². The van der Waals surface area contributed by atoms with Crippen LogP contribution < -0.4 is 0 Å². The highest BCUT2D eigenvalue weighted by Crippen LogP contribution is 1.92. The summed E-state index contributed by atoms with van der Waals surface area (Å²) >= 11 is 0. The molecule has 0 heterocycles. The van der Waals surface area contributed by atoms with E-state index >= 15 is 0 Å². The van der Waals surface area contributed by atoms with Gasteiger partial charge in [-0.2, -0.15) is 0 Å². The van der Waals surface area contributed by atoms with Crippen molar-refractivity contribution in [3.63, 3.8) is 0 Å². The molecule has 4 nitrogen and oxygen atoms in total. The van der Waals surface area contributed by atoms with E-state index in [1.807, 2.05) is 0 Å². The van der Waals surface area contributed by atoms with E-state index in [1.54, 1.807) is 0 Å². The smallest absolute Gasteiger partial charge is 0.160 e. The van der Waals surface area contributed by atoms with Gasteiger partial charge in [-0.3, -0.25) is 4.79 Å². The maximum absolute atomic E-state index is 10.2. The first kappa shape index (κ1) is 8.55. The molecule has 9 heavy (non-hydrogen) atoms. The first-order valence-electron chi connectivity index (χ1n) is 2.57. The van der Waals surface area contributed by atoms with Crippen LogP contribution in [0.15, 0.2) is 0 Å². The van der Waals surface area contributed by atoms with Gasteiger partial charge in [0, 0.05) is 0 Å². The van der Waals surface area contributed by atoms with Crippen LogP contribution in [-0.4, -0.2) is 39.9 Å². The molecule has 0 aliphatic rings. The molecule has 0 fully saturated rings. The molecule has 4 heteroatoms. The summed E-state index contributed by atoms with van der Waals surface area (Å²) in [6, 6.07) is 0. The van der Waals surface area contributed by atoms with Gasteiger partial charge in [-0.1, -0.05) is 0 Å². The van der Waals surface area contributed by atoms with E-state index in [4.69, 9.17) is 15.3 Å². The average molecular weight is 136 g/mol. The van der Waals surface area contributed by atoms with Gasteiger partial charge < -0.3 is 15.3 Å². The van der Waals surface area contributed by atoms with Crippen molar-refractivity contribution in [2.45, 2.75) is 19.1 Å². The van der Waals surface area contributed by atoms with Gasteiger partial charge in [0.1, 0.15) is 12.2 Å². The topological polar surface area (TPSA) is 77.8 Å². The molecule has 3 N–H and O–H groups in total. The Hall–Kier alpha value is -0.450. The van der Waals surface area contributed by atoms with E-state index in [1.165, 1.54) is 0 Å². The van der Waals surface area contributed by atoms with Crippen molar-refractivity contribution in [3.05, 3.63) is 0 Å². The van der Waals surface area contributed by atoms with Gasteiger partial charge in [0.05, 0.1) is 6.61 Å². The average Bonchev–Trinajstić information content (AvgIpc) is 1.84. The lowest BCUT2D eigenvalue weighted by atomic mass is 10.3. The number of carbonyl (C=O) groups excluding carboxylic acids is 1. The van der Waals surface area contributed by atoms with Crippen LogP contribution in [0.4, 0.5) is 0 Å². The van der Waals surface area contributed by atoms with Crippen LogP contribution in [0.3, 0.4) is 0 Å². The monoisotopic (exact) mass is 136 g/mol. The highest BCUT2D eigenvalue weighted by Gasteiger charge is 2.18. The second kappa shape index (κ2) is 3.55. The zero-order chi connectivity index (χ0) is 7.44. The van der Waals surface area contributed by atoms with Crippen molar-refractivity contribution in [3.8, 4) is 0 Å². The van der Waals surface area contributed by atoms with Crippen molar-refractivity contribution < 1.29 is 20.1 Å². The fourth-order valence-corrected chi connectivity index (χ4v) is 0.371. The van der Waals surface area contributed by atoms with Crippen molar-refractivity contribution >= 4 is 5.78 Å². The number of hydrogen-bond acceptors (Lipinski definition) is 4. The molecule has 0 aliphatic heterocycles. The molecule has 0 amide bonds. The molecule has 2 atom stereocenters. The molecule has 54 valence electrons. The number of hydrogen-bond donors (Lipinski definition) is 3. The Kier molecular flexibility index (Phi) is 3.37. The molecule has 0 saturated carbocycles. The first-order chi connectivity index (χ1) is 4.09. The minimum absolute atomic E-state index is 0.545. The Morgan fingerprint density at radius 2 is 2.00 bits per heavy atom. The lowest BCUT2D eigenvalue weighted by molar-refractivity contribution is -0.132. The number of aliphatic hydroxyl groups excluding tert-OH is 3. The van der Waals surface area contributed by atoms with Crippen LogP contribution in [0.25, 0.3) is 0 Å². The summed E-state index contributed by atoms with van der Waals surface area (Å²) in [7, 11) is 0. The number of aliphatic hydroxyl groups is 3. The number of carbonyl (C=O) groups is 1. The van der Waals surface area contributed by atoms with Gasteiger partial charge in [0.2, 0.25) is 0 Å². The molecule has 0 aromatic heterocycles. The Morgan fingerprint density at radius 3 is 2.11 bits per heavy atom. The van der Waals surface area contributed by atoms with Gasteiger partial charge in [0.15, 0.2) is 5.78 Å². The molecule has 0 aliphatic carbocycles. The summed E-state index contributed by atoms with van der Waals surface area (Å²) < 4.78 is 0. The normalized spacial score (nSPS) is 16.9. The van der Waals surface area contributed by atoms with E-state index in [0.29, 0.717) is 0 Å². The summed E-state index contributed by atoms with van der Waals surface area (Å²) in [6.07, 6.45) is -2.79. The summed E-state index contributed by atoms with van der Waals surface area (Å²) in [6.45, 7) is 0.546. The Balaban J connectivity index is 3.72. The molecular weight excluding hydrogens is 126 g/mol. The van der Waals surface area contributed by atoms with Crippen molar-refractivity contribution in [1.29, 1.82) is 0 Å². The molecule has 0 radical (unpaired) electrons. The predicted octanol–water partition coefficient (Wildman–Crippen LogP) is -1.71. The van der Waals surface area contributed by atoms with E-state index in [2.05, 4.69) is 0 Å². The standard InChI is InChI=1S/C5H10O4/c1-3(7)5(9)4(8)2-6/h4-6,8-9H,2H2,1H3/t4-,5-/m1/s1/i3+2. The van der Waals surface area contributed by atoms with Crippen molar-refractivity contribution in [1.82, 2.24) is 0 Å². The molecule has 0 saturated heterocycles. The van der Waals surface area contributed by atoms with Crippen LogP contribution in [0.2, 0.25) is 0 Å². The number of ketones is 1. The third-order valence-corrected chi connectivity index (χ3v) is 0.968. The number of Topliss-reactive ketones (excluding diaryl/α,β-unsaturated/α-hetero) is 1. The molecule has 0 rings (SSSR count). The second-order valence-electron chi connectivity index (χ2n) is 1.81. The minimum atomic E-state index is -1.45. The van der Waals surface area contributed by atoms with Crippen molar-refractivity contribution in [2.24, 2.45) is 0 Å². The fourth-order valence-electron chi connectivity index (χ4n) is 0.371. The molecule has 0 bridgehead atoms. The maximum Gasteiger partial charge on any atom is 0.160 e. The van der Waals surface area contributed by atoms with Gasteiger partial charge in [-0.15, -0.1) is 0 Å². The van der Waals surface area contributed by atoms with Gasteiger partial charge in [-0.05, 0) is 6.92 Å². The third kappa shape index (κ3) is 2.55. The summed E-state index contributed by atoms with van der Waals surface area (Å²) in [5, 5.41) is 25.4. The van der Waals surface area contributed by atoms with Crippen LogP contribution in [0, 0.1) is 0 Å². The Labute approximate surface area is 52.7 Å². The SMILES string of the molecule is C[14C](=O)[C@@H](O)[C@H](O)CO. The fraction of sp³-hybridized carbons (Fsp3) is 0.800. The Bertz CT molecular complexity index is 101. The molecule has 0 aromatic rings. The zero-order valence-electron chi connectivity index (χ0n) is 5.11. The molecule has 0 unspecified atom stereocenters. The highest BCUT2D eigenvalue weighted by atomic mass is 16.4. The first-order valence-corrected chi connectivity index (χ1v) is 2.57. The third-order valence-electron chi connectivity index (χ3n) is 0.968. The lowest BCUT2D eigenvalue weighted by Crippen LogP contribution is -2.34. The maximum atomic E-state index is 10.2. The second-order valence-corrected chi connectivity index (χ2v) is 1.81. The quantitative estimate of drug-likeness (QED) is 0.431. The highest BCUT2D eigenvalue weighted by molar-refractivity contribution is 5.80. The van der Waals surface area contributed by atoms with Crippen LogP contribution >= 0.6 is 0 Å². The van der Waals surface area contributed by atoms with Crippen LogP contribution in [-0.2, 0) is 4.79 Å². The molecule has 0 spiro atoms. The zero-order valence-corrected chi connectivity index (χ0v) is 5.11. The van der Waals surface area contributed by atoms with Gasteiger partial charge >= 0.3 is 0 Å². The van der Waals surface area contributed by atoms with Crippen molar-refractivity contribution in [2.75, 3.05) is 6.61 Å². The van der Waals surface area contributed by atoms with E-state index < -0.39 is 24.6 Å². The van der Waals surface area contributed by atoms with Crippen LogP contribution in [0.5, 0.6) is 0 Å². The van der Waals surface area contributed by atoms with Crippen LogP contribution in [0.1, 0.15) is 6.92 Å². The summed E-state index contributed by atoms with van der Waals surface area (Å²) in [5.41, 5.74) is 0. The largest absolute Gasteiger partial charge is 0.394 e.